The first-order chi connectivity index (χ1) is 7.95. The molecule has 0 aliphatic carbocycles. The lowest BCUT2D eigenvalue weighted by atomic mass is 10.1. The van der Waals surface area contributed by atoms with E-state index >= 15 is 0 Å². The molecule has 1 aromatic carbocycles. The van der Waals surface area contributed by atoms with Gasteiger partial charge in [-0.15, -0.1) is 0 Å². The molecule has 1 aromatic rings. The third-order valence-corrected chi connectivity index (χ3v) is 2.57. The van der Waals surface area contributed by atoms with Crippen LogP contribution in [0.5, 0.6) is 0 Å². The fourth-order valence-electron chi connectivity index (χ4n) is 1.78. The van der Waals surface area contributed by atoms with Gasteiger partial charge >= 0.3 is 5.97 Å². The largest absolute Gasteiger partial charge is 0.478 e. The Balaban J connectivity index is 3.20. The van der Waals surface area contributed by atoms with Gasteiger partial charge in [0.1, 0.15) is 0 Å². The first-order valence-corrected chi connectivity index (χ1v) is 5.69. The Morgan fingerprint density at radius 2 is 2.12 bits per heavy atom. The number of hydrogen-bond acceptors (Lipinski definition) is 2. The van der Waals surface area contributed by atoms with Crippen molar-refractivity contribution in [2.24, 2.45) is 0 Å². The number of hydrogen-bond donors (Lipinski definition) is 1. The molecule has 0 fully saturated rings. The van der Waals surface area contributed by atoms with Crippen molar-refractivity contribution in [2.45, 2.75) is 20.8 Å². The van der Waals surface area contributed by atoms with Crippen LogP contribution in [0.1, 0.15) is 29.8 Å². The van der Waals surface area contributed by atoms with Gasteiger partial charge in [-0.2, -0.15) is 0 Å². The maximum atomic E-state index is 11.2. The molecule has 3 nitrogen and oxygen atoms in total. The summed E-state index contributed by atoms with van der Waals surface area (Å²) in [6, 6.07) is 5.39. The average molecular weight is 233 g/mol. The molecule has 0 unspecified atom stereocenters. The fourth-order valence-corrected chi connectivity index (χ4v) is 1.78. The van der Waals surface area contributed by atoms with E-state index in [4.69, 9.17) is 0 Å². The number of aromatic carboxylic acids is 1. The molecule has 0 aliphatic rings. The summed E-state index contributed by atoms with van der Waals surface area (Å²) in [5.74, 6) is -0.889. The summed E-state index contributed by atoms with van der Waals surface area (Å²) in [5, 5.41) is 9.19. The highest BCUT2D eigenvalue weighted by Gasteiger charge is 2.14. The van der Waals surface area contributed by atoms with E-state index in [1.807, 2.05) is 37.8 Å². The molecule has 3 heteroatoms. The molecule has 0 radical (unpaired) electrons. The van der Waals surface area contributed by atoms with Crippen LogP contribution in [0, 0.1) is 6.92 Å². The Morgan fingerprint density at radius 3 is 2.59 bits per heavy atom. The molecule has 0 aromatic heterocycles. The summed E-state index contributed by atoms with van der Waals surface area (Å²) < 4.78 is 0. The minimum atomic E-state index is -0.889. The Morgan fingerprint density at radius 1 is 1.47 bits per heavy atom. The van der Waals surface area contributed by atoms with Crippen molar-refractivity contribution < 1.29 is 9.90 Å². The summed E-state index contributed by atoms with van der Waals surface area (Å²) >= 11 is 0. The monoisotopic (exact) mass is 233 g/mol. The number of benzene rings is 1. The number of likely N-dealkylation sites (N-methyl/N-ethyl adjacent to an activating group) is 1. The summed E-state index contributed by atoms with van der Waals surface area (Å²) in [5.41, 5.74) is 3.19. The molecule has 0 saturated heterocycles. The van der Waals surface area contributed by atoms with Crippen molar-refractivity contribution >= 4 is 11.7 Å². The number of rotatable bonds is 5. The summed E-state index contributed by atoms with van der Waals surface area (Å²) in [4.78, 5) is 13.2. The second-order valence-electron chi connectivity index (χ2n) is 4.30. The number of aryl methyl sites for hydroxylation is 1. The van der Waals surface area contributed by atoms with Gasteiger partial charge in [-0.3, -0.25) is 0 Å². The van der Waals surface area contributed by atoms with Gasteiger partial charge in [-0.25, -0.2) is 4.79 Å². The first kappa shape index (κ1) is 13.3. The van der Waals surface area contributed by atoms with Crippen molar-refractivity contribution in [1.29, 1.82) is 0 Å². The smallest absolute Gasteiger partial charge is 0.337 e. The summed E-state index contributed by atoms with van der Waals surface area (Å²) in [6.45, 7) is 11.2. The lowest BCUT2D eigenvalue weighted by Gasteiger charge is -2.25. The van der Waals surface area contributed by atoms with Crippen LogP contribution in [0.2, 0.25) is 0 Å². The maximum absolute atomic E-state index is 11.2. The Kier molecular flexibility index (Phi) is 4.32. The average Bonchev–Trinajstić information content (AvgIpc) is 2.25. The number of carboxylic acids is 1. The Labute approximate surface area is 102 Å². The SMILES string of the molecule is C=C(C)CN(CC)c1cc(C)ccc1C(=O)O. The molecular weight excluding hydrogens is 214 g/mol. The molecule has 0 heterocycles. The van der Waals surface area contributed by atoms with Gasteiger partial charge in [0.25, 0.3) is 0 Å². The van der Waals surface area contributed by atoms with Gasteiger partial charge < -0.3 is 10.0 Å². The van der Waals surface area contributed by atoms with Crippen LogP contribution in [0.15, 0.2) is 30.4 Å². The number of carboxylic acid groups (broad SMARTS) is 1. The summed E-state index contributed by atoms with van der Waals surface area (Å²) in [6.07, 6.45) is 0. The van der Waals surface area contributed by atoms with E-state index in [-0.39, 0.29) is 0 Å². The molecule has 0 atom stereocenters. The minimum Gasteiger partial charge on any atom is -0.478 e. The predicted molar refractivity (Wildman–Crippen MR) is 70.8 cm³/mol. The van der Waals surface area contributed by atoms with Crippen LogP contribution in [-0.4, -0.2) is 24.2 Å². The highest BCUT2D eigenvalue weighted by molar-refractivity contribution is 5.94. The third-order valence-electron chi connectivity index (χ3n) is 2.57. The number of carbonyl (C=O) groups is 1. The molecule has 0 spiro atoms. The van der Waals surface area contributed by atoms with Gasteiger partial charge in [0, 0.05) is 13.1 Å². The van der Waals surface area contributed by atoms with Crippen molar-refractivity contribution in [3.8, 4) is 0 Å². The van der Waals surface area contributed by atoms with E-state index in [0.29, 0.717) is 12.1 Å². The Bertz CT molecular complexity index is 438. The lowest BCUT2D eigenvalue weighted by Crippen LogP contribution is -2.26. The van der Waals surface area contributed by atoms with E-state index in [1.54, 1.807) is 6.07 Å². The third kappa shape index (κ3) is 3.34. The van der Waals surface area contributed by atoms with Gasteiger partial charge in [0.2, 0.25) is 0 Å². The highest BCUT2D eigenvalue weighted by atomic mass is 16.4. The molecular formula is C14H19NO2. The zero-order valence-corrected chi connectivity index (χ0v) is 10.7. The van der Waals surface area contributed by atoms with E-state index in [1.165, 1.54) is 0 Å². The predicted octanol–water partition coefficient (Wildman–Crippen LogP) is 3.10. The second-order valence-corrected chi connectivity index (χ2v) is 4.30. The van der Waals surface area contributed by atoms with Crippen molar-refractivity contribution in [3.63, 3.8) is 0 Å². The van der Waals surface area contributed by atoms with Gasteiger partial charge in [0.15, 0.2) is 0 Å². The van der Waals surface area contributed by atoms with Crippen LogP contribution in [-0.2, 0) is 0 Å². The minimum absolute atomic E-state index is 0.346. The van der Waals surface area contributed by atoms with Crippen LogP contribution < -0.4 is 4.90 Å². The Hall–Kier alpha value is -1.77. The zero-order chi connectivity index (χ0) is 13.0. The number of anilines is 1. The van der Waals surface area contributed by atoms with Crippen LogP contribution in [0.25, 0.3) is 0 Å². The van der Waals surface area contributed by atoms with E-state index in [9.17, 15) is 9.90 Å². The van der Waals surface area contributed by atoms with Crippen molar-refractivity contribution in [3.05, 3.63) is 41.5 Å². The molecule has 17 heavy (non-hydrogen) atoms. The topological polar surface area (TPSA) is 40.5 Å². The standard InChI is InChI=1S/C14H19NO2/c1-5-15(9-10(2)3)13-8-11(4)6-7-12(13)14(16)17/h6-8H,2,5,9H2,1,3-4H3,(H,16,17). The highest BCUT2D eigenvalue weighted by Crippen LogP contribution is 2.23. The molecule has 1 N–H and O–H groups in total. The molecule has 0 amide bonds. The summed E-state index contributed by atoms with van der Waals surface area (Å²) in [7, 11) is 0. The van der Waals surface area contributed by atoms with Gasteiger partial charge in [-0.1, -0.05) is 18.2 Å². The van der Waals surface area contributed by atoms with Gasteiger partial charge in [-0.05, 0) is 38.5 Å². The van der Waals surface area contributed by atoms with E-state index < -0.39 is 5.97 Å². The van der Waals surface area contributed by atoms with Crippen molar-refractivity contribution in [1.82, 2.24) is 0 Å². The lowest BCUT2D eigenvalue weighted by molar-refractivity contribution is 0.0697. The molecule has 0 saturated carbocycles. The van der Waals surface area contributed by atoms with Crippen LogP contribution in [0.4, 0.5) is 5.69 Å². The molecule has 1 rings (SSSR count). The van der Waals surface area contributed by atoms with E-state index in [2.05, 4.69) is 6.58 Å². The molecule has 0 aliphatic heterocycles. The van der Waals surface area contributed by atoms with E-state index in [0.717, 1.165) is 23.4 Å². The quantitative estimate of drug-likeness (QED) is 0.794. The molecule has 92 valence electrons. The second kappa shape index (κ2) is 5.53. The van der Waals surface area contributed by atoms with Crippen LogP contribution in [0.3, 0.4) is 0 Å². The number of nitrogens with zero attached hydrogens (tertiary/aromatic N) is 1. The first-order valence-electron chi connectivity index (χ1n) is 5.69. The maximum Gasteiger partial charge on any atom is 0.337 e. The normalized spacial score (nSPS) is 10.1. The van der Waals surface area contributed by atoms with Crippen molar-refractivity contribution in [2.75, 3.05) is 18.0 Å². The zero-order valence-electron chi connectivity index (χ0n) is 10.7. The molecule has 0 bridgehead atoms. The van der Waals surface area contributed by atoms with Gasteiger partial charge in [0.05, 0.1) is 11.3 Å². The van der Waals surface area contributed by atoms with Crippen LogP contribution >= 0.6 is 0 Å². The fraction of sp³-hybridized carbons (Fsp3) is 0.357.